The Kier molecular flexibility index (Phi) is 7.40. The number of hydrogen-bond donors (Lipinski definition) is 5. The maximum absolute atomic E-state index is 14.8. The molecule has 4 bridgehead atoms. The van der Waals surface area contributed by atoms with Crippen molar-refractivity contribution < 1.29 is 48.6 Å². The number of thioether (sulfide) groups is 1. The van der Waals surface area contributed by atoms with Crippen molar-refractivity contribution in [3.05, 3.63) is 74.6 Å². The number of nitrogens with zero attached hydrogens (tertiary/aromatic N) is 2. The lowest BCUT2D eigenvalue weighted by atomic mass is 9.78. The van der Waals surface area contributed by atoms with Gasteiger partial charge in [0.15, 0.2) is 28.5 Å². The minimum Gasteiger partial charge on any atom is -0.507 e. The summed E-state index contributed by atoms with van der Waals surface area (Å²) >= 11 is 1.43. The number of esters is 2. The third kappa shape index (κ3) is 4.39. The Morgan fingerprint density at radius 3 is 2.60 bits per heavy atom. The Labute approximate surface area is 319 Å². The van der Waals surface area contributed by atoms with Crippen molar-refractivity contribution in [1.82, 2.24) is 20.1 Å². The number of methoxy groups -OCH3 is 1. The van der Waals surface area contributed by atoms with Crippen LogP contribution in [0.5, 0.6) is 34.5 Å². The van der Waals surface area contributed by atoms with Crippen molar-refractivity contribution >= 4 is 40.3 Å². The van der Waals surface area contributed by atoms with E-state index >= 15 is 0 Å². The molecule has 0 saturated carbocycles. The number of fused-ring (bicyclic) bond motifs is 11. The highest BCUT2D eigenvalue weighted by molar-refractivity contribution is 7.99. The lowest BCUT2D eigenvalue weighted by Gasteiger charge is -2.57. The molecule has 5 atom stereocenters. The van der Waals surface area contributed by atoms with Crippen LogP contribution >= 0.6 is 11.8 Å². The van der Waals surface area contributed by atoms with Gasteiger partial charge in [0.1, 0.15) is 24.3 Å². The van der Waals surface area contributed by atoms with Gasteiger partial charge < -0.3 is 53.8 Å². The molecule has 1 aromatic heterocycles. The zero-order valence-electron chi connectivity index (χ0n) is 30.9. The van der Waals surface area contributed by atoms with Crippen molar-refractivity contribution in [3.8, 4) is 34.5 Å². The minimum atomic E-state index is -1.30. The van der Waals surface area contributed by atoms with Gasteiger partial charge in [-0.25, -0.2) is 4.79 Å². The normalized spacial score (nSPS) is 26.0. The van der Waals surface area contributed by atoms with Gasteiger partial charge in [-0.2, -0.15) is 0 Å². The second-order valence-corrected chi connectivity index (χ2v) is 16.1. The fourth-order valence-electron chi connectivity index (χ4n) is 9.88. The van der Waals surface area contributed by atoms with E-state index < -0.39 is 41.0 Å². The number of aliphatic hydroxyl groups excluding tert-OH is 1. The van der Waals surface area contributed by atoms with Crippen LogP contribution in [-0.2, 0) is 32.7 Å². The smallest absolute Gasteiger partial charge is 0.333 e. The number of aromatic hydroxyl groups is 2. The number of aromatic nitrogens is 1. The third-order valence-corrected chi connectivity index (χ3v) is 13.7. The predicted molar refractivity (Wildman–Crippen MR) is 200 cm³/mol. The van der Waals surface area contributed by atoms with Crippen LogP contribution in [-0.4, -0.2) is 94.2 Å². The standard InChI is InChI=1S/C40H40N4O10S/c1-16-30(46)21-12-23-38(48)44-24-13-51-39(49)40(37-20(10-11-41-40)19-8-6-7-9-22(19)42-37)14-55-36(29(44)28(43(23)4)25(21)31(47)33(16)50-5)27-26(24)35-34(52-15-53-35)17(2)32(27)54-18(3)45/h6-9,23-24,36,38,41-42,46-48H,10-15H2,1-5H3/t23-,24+,36-,38+,40-/m1/s1. The van der Waals surface area contributed by atoms with Crippen LogP contribution in [0.25, 0.3) is 16.6 Å². The lowest BCUT2D eigenvalue weighted by molar-refractivity contribution is -0.156. The molecule has 0 aliphatic carbocycles. The number of carbonyl (C=O) groups is 2. The maximum atomic E-state index is 14.8. The van der Waals surface area contributed by atoms with E-state index in [2.05, 4.69) is 16.4 Å². The molecule has 4 aromatic rings. The van der Waals surface area contributed by atoms with Crippen molar-refractivity contribution in [2.24, 2.45) is 0 Å². The highest BCUT2D eigenvalue weighted by Crippen LogP contribution is 2.64. The van der Waals surface area contributed by atoms with Gasteiger partial charge in [-0.1, -0.05) is 18.2 Å². The molecule has 7 aliphatic heterocycles. The zero-order chi connectivity index (χ0) is 38.2. The molecule has 8 heterocycles. The van der Waals surface area contributed by atoms with E-state index in [0.717, 1.165) is 22.2 Å². The predicted octanol–water partition coefficient (Wildman–Crippen LogP) is 4.14. The Morgan fingerprint density at radius 2 is 1.82 bits per heavy atom. The number of benzene rings is 3. The molecule has 0 amide bonds. The Morgan fingerprint density at radius 1 is 1.04 bits per heavy atom. The molecule has 7 aliphatic rings. The number of phenolic OH excluding ortho intramolecular Hbond substituents is 2. The average Bonchev–Trinajstić information content (AvgIpc) is 3.82. The van der Waals surface area contributed by atoms with E-state index in [1.807, 2.05) is 42.0 Å². The molecule has 14 nitrogen and oxygen atoms in total. The minimum absolute atomic E-state index is 0.0231. The molecule has 55 heavy (non-hydrogen) atoms. The largest absolute Gasteiger partial charge is 0.507 e. The highest BCUT2D eigenvalue weighted by atomic mass is 32.2. The van der Waals surface area contributed by atoms with Crippen molar-refractivity contribution in [3.63, 3.8) is 0 Å². The molecule has 0 radical (unpaired) electrons. The van der Waals surface area contributed by atoms with Gasteiger partial charge in [0.2, 0.25) is 6.79 Å². The number of H-pyrrole nitrogens is 1. The topological polar surface area (TPSA) is 175 Å². The van der Waals surface area contributed by atoms with Crippen LogP contribution < -0.4 is 24.3 Å². The number of phenols is 2. The summed E-state index contributed by atoms with van der Waals surface area (Å²) in [7, 11) is 3.30. The van der Waals surface area contributed by atoms with Crippen LogP contribution in [0.1, 0.15) is 62.9 Å². The number of likely N-dealkylation sites (N-methyl/N-ethyl adjacent to an activating group) is 1. The Bertz CT molecular complexity index is 2430. The first kappa shape index (κ1) is 34.3. The van der Waals surface area contributed by atoms with E-state index in [-0.39, 0.29) is 48.6 Å². The zero-order valence-corrected chi connectivity index (χ0v) is 31.7. The van der Waals surface area contributed by atoms with E-state index in [1.165, 1.54) is 25.8 Å². The second-order valence-electron chi connectivity index (χ2n) is 15.0. The molecule has 286 valence electrons. The summed E-state index contributed by atoms with van der Waals surface area (Å²) in [5, 5.41) is 40.0. The SMILES string of the molecule is COc1c(C)c(O)c2c(c1O)C1=C3[C@@H]4SC[C@]5(NCCc6c5[nH]c5ccccc65)C(=O)OC[C@@H](c5c6c(c(C)c(OC(C)=O)c54)OCO6)N3[C@@H](O)[C@@H](C2)N1C. The van der Waals surface area contributed by atoms with Gasteiger partial charge in [0.25, 0.3) is 0 Å². The number of carbonyl (C=O) groups excluding carboxylic acids is 2. The van der Waals surface area contributed by atoms with E-state index in [4.69, 9.17) is 23.7 Å². The van der Waals surface area contributed by atoms with Crippen molar-refractivity contribution in [2.75, 3.05) is 39.9 Å². The number of aromatic amines is 1. The van der Waals surface area contributed by atoms with E-state index in [1.54, 1.807) is 6.92 Å². The van der Waals surface area contributed by atoms with Gasteiger partial charge in [0, 0.05) is 71.4 Å². The summed E-state index contributed by atoms with van der Waals surface area (Å²) in [6.07, 6.45) is -0.281. The Hall–Kier alpha value is -5.25. The lowest BCUT2D eigenvalue weighted by Crippen LogP contribution is -2.61. The molecule has 15 heteroatoms. The van der Waals surface area contributed by atoms with E-state index in [0.29, 0.717) is 69.2 Å². The first-order valence-corrected chi connectivity index (χ1v) is 19.4. The monoisotopic (exact) mass is 768 g/mol. The molecular weight excluding hydrogens is 729 g/mol. The summed E-state index contributed by atoms with van der Waals surface area (Å²) in [5.41, 5.74) is 5.53. The Balaban J connectivity index is 1.29. The summed E-state index contributed by atoms with van der Waals surface area (Å²) < 4.78 is 30.4. The second kappa shape index (κ2) is 11.9. The average molecular weight is 769 g/mol. The summed E-state index contributed by atoms with van der Waals surface area (Å²) in [6.45, 7) is 5.06. The molecule has 0 unspecified atom stereocenters. The van der Waals surface area contributed by atoms with Crippen molar-refractivity contribution in [2.45, 2.75) is 62.7 Å². The summed E-state index contributed by atoms with van der Waals surface area (Å²) in [6, 6.07) is 6.54. The van der Waals surface area contributed by atoms with Gasteiger partial charge in [-0.05, 0) is 31.9 Å². The highest BCUT2D eigenvalue weighted by Gasteiger charge is 2.57. The first-order valence-electron chi connectivity index (χ1n) is 18.3. The molecule has 1 fully saturated rings. The number of para-hydroxylation sites is 1. The number of hydrogen-bond acceptors (Lipinski definition) is 14. The van der Waals surface area contributed by atoms with Crippen LogP contribution in [0.2, 0.25) is 0 Å². The summed E-state index contributed by atoms with van der Waals surface area (Å²) in [4.78, 5) is 35.0. The number of rotatable bonds is 2. The van der Waals surface area contributed by atoms with Crippen LogP contribution in [0.4, 0.5) is 0 Å². The molecule has 1 saturated heterocycles. The molecule has 5 N–H and O–H groups in total. The van der Waals surface area contributed by atoms with Crippen LogP contribution in [0.3, 0.4) is 0 Å². The van der Waals surface area contributed by atoms with Gasteiger partial charge in [-0.3, -0.25) is 10.1 Å². The van der Waals surface area contributed by atoms with Crippen LogP contribution in [0, 0.1) is 13.8 Å². The van der Waals surface area contributed by atoms with Gasteiger partial charge in [-0.15, -0.1) is 11.8 Å². The number of nitrogens with one attached hydrogen (secondary N) is 2. The van der Waals surface area contributed by atoms with Crippen LogP contribution in [0.15, 0.2) is 30.0 Å². The van der Waals surface area contributed by atoms with Gasteiger partial charge in [0.05, 0.1) is 47.1 Å². The molecule has 11 rings (SSSR count). The fraction of sp³-hybridized carbons (Fsp3) is 0.400. The first-order chi connectivity index (χ1) is 26.5. The molecule has 1 spiro atoms. The number of aliphatic hydroxyl groups is 1. The van der Waals surface area contributed by atoms with E-state index in [9.17, 15) is 24.9 Å². The van der Waals surface area contributed by atoms with Gasteiger partial charge >= 0.3 is 11.9 Å². The molecular formula is C40H40N4O10S. The number of ether oxygens (including phenoxy) is 5. The van der Waals surface area contributed by atoms with Crippen molar-refractivity contribution in [1.29, 1.82) is 0 Å². The maximum Gasteiger partial charge on any atom is 0.333 e. The summed E-state index contributed by atoms with van der Waals surface area (Å²) in [5.74, 6) is 0.249. The quantitative estimate of drug-likeness (QED) is 0.112. The third-order valence-electron chi connectivity index (χ3n) is 12.3. The fourth-order valence-corrected chi connectivity index (χ4v) is 11.5. The molecule has 3 aromatic carbocycles.